The fourth-order valence-corrected chi connectivity index (χ4v) is 2.19. The maximum absolute atomic E-state index is 13.3. The SMILES string of the molecule is COC(=O)CCS(=O)(=O)Nc1cc(N)ccc1F. The van der Waals surface area contributed by atoms with Crippen LogP contribution in [0.2, 0.25) is 0 Å². The molecule has 1 aromatic rings. The summed E-state index contributed by atoms with van der Waals surface area (Å²) in [6.07, 6.45) is -0.310. The number of nitrogens with two attached hydrogens (primary N) is 1. The molecule has 0 atom stereocenters. The lowest BCUT2D eigenvalue weighted by Gasteiger charge is -2.08. The molecular formula is C10H13FN2O4S. The van der Waals surface area contributed by atoms with Crippen LogP contribution in [0.25, 0.3) is 0 Å². The Labute approximate surface area is 104 Å². The zero-order valence-corrected chi connectivity index (χ0v) is 10.5. The topological polar surface area (TPSA) is 98.5 Å². The van der Waals surface area contributed by atoms with Crippen LogP contribution in [0, 0.1) is 5.82 Å². The number of sulfonamides is 1. The summed E-state index contributed by atoms with van der Waals surface area (Å²) in [5, 5.41) is 0. The first-order chi connectivity index (χ1) is 8.34. The molecule has 0 fully saturated rings. The Kier molecular flexibility index (Phi) is 4.49. The summed E-state index contributed by atoms with van der Waals surface area (Å²) in [6, 6.07) is 3.51. The Bertz CT molecular complexity index is 545. The zero-order chi connectivity index (χ0) is 13.8. The Balaban J connectivity index is 2.76. The first kappa shape index (κ1) is 14.2. The summed E-state index contributed by atoms with van der Waals surface area (Å²) in [7, 11) is -2.67. The number of anilines is 2. The normalized spacial score (nSPS) is 11.0. The molecule has 0 aliphatic heterocycles. The highest BCUT2D eigenvalue weighted by atomic mass is 32.2. The van der Waals surface area contributed by atoms with Crippen LogP contribution in [-0.2, 0) is 19.6 Å². The number of benzene rings is 1. The highest BCUT2D eigenvalue weighted by molar-refractivity contribution is 7.92. The average molecular weight is 276 g/mol. The molecule has 18 heavy (non-hydrogen) atoms. The Morgan fingerprint density at radius 1 is 1.50 bits per heavy atom. The summed E-state index contributed by atoms with van der Waals surface area (Å²) in [5.41, 5.74) is 5.39. The maximum Gasteiger partial charge on any atom is 0.306 e. The molecule has 0 saturated heterocycles. The van der Waals surface area contributed by atoms with Crippen molar-refractivity contribution < 1.29 is 22.3 Å². The van der Waals surface area contributed by atoms with Crippen LogP contribution in [0.15, 0.2) is 18.2 Å². The summed E-state index contributed by atoms with van der Waals surface area (Å²) >= 11 is 0. The van der Waals surface area contributed by atoms with Gasteiger partial charge in [-0.3, -0.25) is 9.52 Å². The third-order valence-corrected chi connectivity index (χ3v) is 3.33. The molecule has 8 heteroatoms. The number of ether oxygens (including phenoxy) is 1. The van der Waals surface area contributed by atoms with Crippen LogP contribution >= 0.6 is 0 Å². The number of nitrogen functional groups attached to an aromatic ring is 1. The van der Waals surface area contributed by atoms with Crippen LogP contribution in [0.5, 0.6) is 0 Å². The van der Waals surface area contributed by atoms with Gasteiger partial charge in [0.1, 0.15) is 5.82 Å². The van der Waals surface area contributed by atoms with Crippen LogP contribution in [0.1, 0.15) is 6.42 Å². The van der Waals surface area contributed by atoms with E-state index in [0.29, 0.717) is 0 Å². The smallest absolute Gasteiger partial charge is 0.306 e. The monoisotopic (exact) mass is 276 g/mol. The van der Waals surface area contributed by atoms with Crippen molar-refractivity contribution in [2.24, 2.45) is 0 Å². The molecule has 1 rings (SSSR count). The van der Waals surface area contributed by atoms with E-state index in [9.17, 15) is 17.6 Å². The molecule has 100 valence electrons. The number of hydrogen-bond donors (Lipinski definition) is 2. The van der Waals surface area contributed by atoms with Gasteiger partial charge in [-0.05, 0) is 18.2 Å². The maximum atomic E-state index is 13.3. The van der Waals surface area contributed by atoms with E-state index < -0.39 is 27.6 Å². The summed E-state index contributed by atoms with van der Waals surface area (Å²) < 4.78 is 42.7. The lowest BCUT2D eigenvalue weighted by atomic mass is 10.3. The number of halogens is 1. The van der Waals surface area contributed by atoms with E-state index in [4.69, 9.17) is 5.73 Å². The first-order valence-corrected chi connectivity index (χ1v) is 6.61. The van der Waals surface area contributed by atoms with Crippen molar-refractivity contribution in [2.45, 2.75) is 6.42 Å². The lowest BCUT2D eigenvalue weighted by Crippen LogP contribution is -2.20. The molecule has 6 nitrogen and oxygen atoms in total. The molecular weight excluding hydrogens is 263 g/mol. The van der Waals surface area contributed by atoms with Crippen LogP contribution in [0.4, 0.5) is 15.8 Å². The highest BCUT2D eigenvalue weighted by Crippen LogP contribution is 2.18. The largest absolute Gasteiger partial charge is 0.469 e. The van der Waals surface area contributed by atoms with Gasteiger partial charge in [-0.1, -0.05) is 0 Å². The number of methoxy groups -OCH3 is 1. The Morgan fingerprint density at radius 3 is 2.78 bits per heavy atom. The van der Waals surface area contributed by atoms with Gasteiger partial charge in [0.15, 0.2) is 0 Å². The molecule has 0 aliphatic carbocycles. The van der Waals surface area contributed by atoms with E-state index in [1.807, 2.05) is 4.72 Å². The third-order valence-electron chi connectivity index (χ3n) is 2.06. The van der Waals surface area contributed by atoms with E-state index in [1.165, 1.54) is 6.07 Å². The average Bonchev–Trinajstić information content (AvgIpc) is 2.30. The quantitative estimate of drug-likeness (QED) is 0.609. The number of nitrogens with one attached hydrogen (secondary N) is 1. The molecule has 3 N–H and O–H groups in total. The molecule has 0 amide bonds. The second-order valence-electron chi connectivity index (χ2n) is 3.49. The number of carbonyl (C=O) groups is 1. The van der Waals surface area contributed by atoms with Gasteiger partial charge in [0.2, 0.25) is 10.0 Å². The molecule has 0 aliphatic rings. The second kappa shape index (κ2) is 5.67. The van der Waals surface area contributed by atoms with Crippen molar-refractivity contribution >= 4 is 27.4 Å². The van der Waals surface area contributed by atoms with Crippen molar-refractivity contribution in [1.29, 1.82) is 0 Å². The molecule has 0 aromatic heterocycles. The fourth-order valence-electron chi connectivity index (χ4n) is 1.16. The molecule has 0 saturated carbocycles. The van der Waals surface area contributed by atoms with E-state index in [0.717, 1.165) is 19.2 Å². The van der Waals surface area contributed by atoms with Gasteiger partial charge in [0.05, 0.1) is 25.0 Å². The molecule has 0 bridgehead atoms. The minimum Gasteiger partial charge on any atom is -0.469 e. The van der Waals surface area contributed by atoms with Gasteiger partial charge >= 0.3 is 5.97 Å². The molecule has 0 spiro atoms. The summed E-state index contributed by atoms with van der Waals surface area (Å²) in [4.78, 5) is 10.8. The number of carbonyl (C=O) groups excluding carboxylic acids is 1. The van der Waals surface area contributed by atoms with E-state index in [2.05, 4.69) is 4.74 Å². The van der Waals surface area contributed by atoms with Gasteiger partial charge in [-0.25, -0.2) is 12.8 Å². The van der Waals surface area contributed by atoms with Crippen molar-refractivity contribution in [3.8, 4) is 0 Å². The third kappa shape index (κ3) is 4.21. The van der Waals surface area contributed by atoms with E-state index in [-0.39, 0.29) is 17.8 Å². The van der Waals surface area contributed by atoms with Gasteiger partial charge in [0, 0.05) is 5.69 Å². The zero-order valence-electron chi connectivity index (χ0n) is 9.64. The van der Waals surface area contributed by atoms with Crippen LogP contribution < -0.4 is 10.5 Å². The minimum atomic E-state index is -3.83. The van der Waals surface area contributed by atoms with Crippen molar-refractivity contribution in [2.75, 3.05) is 23.3 Å². The summed E-state index contributed by atoms with van der Waals surface area (Å²) in [6.45, 7) is 0. The predicted molar refractivity (Wildman–Crippen MR) is 64.9 cm³/mol. The highest BCUT2D eigenvalue weighted by Gasteiger charge is 2.15. The number of esters is 1. The van der Waals surface area contributed by atoms with Gasteiger partial charge in [-0.2, -0.15) is 0 Å². The minimum absolute atomic E-state index is 0.224. The molecule has 0 unspecified atom stereocenters. The van der Waals surface area contributed by atoms with Crippen LogP contribution in [-0.4, -0.2) is 27.2 Å². The van der Waals surface area contributed by atoms with Gasteiger partial charge in [0.25, 0.3) is 0 Å². The van der Waals surface area contributed by atoms with Crippen molar-refractivity contribution in [1.82, 2.24) is 0 Å². The molecule has 0 radical (unpaired) electrons. The van der Waals surface area contributed by atoms with E-state index >= 15 is 0 Å². The van der Waals surface area contributed by atoms with Gasteiger partial charge < -0.3 is 10.5 Å². The van der Waals surface area contributed by atoms with Gasteiger partial charge in [-0.15, -0.1) is 0 Å². The number of rotatable bonds is 5. The summed E-state index contributed by atoms with van der Waals surface area (Å²) in [5.74, 6) is -1.90. The van der Waals surface area contributed by atoms with Crippen molar-refractivity contribution in [3.63, 3.8) is 0 Å². The molecule has 1 aromatic carbocycles. The second-order valence-corrected chi connectivity index (χ2v) is 5.33. The fraction of sp³-hybridized carbons (Fsp3) is 0.300. The first-order valence-electron chi connectivity index (χ1n) is 4.96. The standard InChI is InChI=1S/C10H13FN2O4S/c1-17-10(14)4-5-18(15,16)13-9-6-7(12)2-3-8(9)11/h2-3,6,13H,4-5,12H2,1H3. The lowest BCUT2D eigenvalue weighted by molar-refractivity contribution is -0.140. The van der Waals surface area contributed by atoms with E-state index in [1.54, 1.807) is 0 Å². The van der Waals surface area contributed by atoms with Crippen molar-refractivity contribution in [3.05, 3.63) is 24.0 Å². The number of hydrogen-bond acceptors (Lipinski definition) is 5. The molecule has 0 heterocycles. The van der Waals surface area contributed by atoms with Crippen LogP contribution in [0.3, 0.4) is 0 Å². The Hall–Kier alpha value is -1.83. The predicted octanol–water partition coefficient (Wildman–Crippen LogP) is 0.713. The Morgan fingerprint density at radius 2 is 2.17 bits per heavy atom.